The van der Waals surface area contributed by atoms with Gasteiger partial charge >= 0.3 is 0 Å². The van der Waals surface area contributed by atoms with Crippen LogP contribution >= 0.6 is 0 Å². The van der Waals surface area contributed by atoms with E-state index in [0.717, 1.165) is 5.69 Å². The van der Waals surface area contributed by atoms with Crippen LogP contribution in [0.3, 0.4) is 0 Å². The van der Waals surface area contributed by atoms with Crippen molar-refractivity contribution in [3.05, 3.63) is 47.0 Å². The minimum absolute atomic E-state index is 0.119. The Kier molecular flexibility index (Phi) is 3.34. The lowest BCUT2D eigenvalue weighted by atomic mass is 10.0. The van der Waals surface area contributed by atoms with Crippen LogP contribution in [0.25, 0.3) is 0 Å². The molecule has 0 aliphatic carbocycles. The Morgan fingerprint density at radius 1 is 1.39 bits per heavy atom. The molecular weight excluding hydrogens is 235 g/mol. The Hall–Kier alpha value is -1.88. The fraction of sp³-hybridized carbons (Fsp3) is 0.308. The molecule has 0 radical (unpaired) electrons. The second-order valence-electron chi connectivity index (χ2n) is 4.07. The van der Waals surface area contributed by atoms with E-state index in [1.807, 2.05) is 6.92 Å². The van der Waals surface area contributed by atoms with E-state index in [9.17, 15) is 9.50 Å². The molecule has 0 amide bonds. The molecule has 1 aromatic carbocycles. The van der Waals surface area contributed by atoms with E-state index in [-0.39, 0.29) is 11.3 Å². The summed E-state index contributed by atoms with van der Waals surface area (Å²) in [6.07, 6.45) is 0.493. The summed E-state index contributed by atoms with van der Waals surface area (Å²) in [7, 11) is 3.16. The van der Waals surface area contributed by atoms with Crippen LogP contribution in [-0.2, 0) is 7.05 Å². The summed E-state index contributed by atoms with van der Waals surface area (Å²) in [6, 6.07) is 4.70. The summed E-state index contributed by atoms with van der Waals surface area (Å²) in [5, 5.41) is 14.3. The van der Waals surface area contributed by atoms with Crippen LogP contribution in [0.15, 0.2) is 24.4 Å². The molecule has 1 atom stereocenters. The number of methoxy groups -OCH3 is 1. The van der Waals surface area contributed by atoms with Crippen LogP contribution in [0.2, 0.25) is 0 Å². The average molecular weight is 250 g/mol. The van der Waals surface area contributed by atoms with Crippen molar-refractivity contribution in [2.75, 3.05) is 7.11 Å². The van der Waals surface area contributed by atoms with Crippen LogP contribution in [0.4, 0.5) is 4.39 Å². The number of nitrogens with zero attached hydrogens (tertiary/aromatic N) is 2. The second-order valence-corrected chi connectivity index (χ2v) is 4.07. The van der Waals surface area contributed by atoms with E-state index in [0.29, 0.717) is 5.56 Å². The van der Waals surface area contributed by atoms with E-state index in [1.54, 1.807) is 24.0 Å². The molecule has 1 aromatic heterocycles. The van der Waals surface area contributed by atoms with Gasteiger partial charge in [-0.25, -0.2) is 4.39 Å². The van der Waals surface area contributed by atoms with Crippen molar-refractivity contribution in [1.29, 1.82) is 0 Å². The molecule has 96 valence electrons. The third-order valence-corrected chi connectivity index (χ3v) is 3.08. The number of rotatable bonds is 3. The largest absolute Gasteiger partial charge is 0.494 e. The van der Waals surface area contributed by atoms with Crippen LogP contribution in [0, 0.1) is 12.7 Å². The summed E-state index contributed by atoms with van der Waals surface area (Å²) >= 11 is 0. The van der Waals surface area contributed by atoms with Gasteiger partial charge in [0.2, 0.25) is 0 Å². The monoisotopic (exact) mass is 250 g/mol. The van der Waals surface area contributed by atoms with Crippen LogP contribution < -0.4 is 4.74 Å². The number of hydrogen-bond acceptors (Lipinski definition) is 3. The number of ether oxygens (including phenoxy) is 1. The summed E-state index contributed by atoms with van der Waals surface area (Å²) in [6.45, 7) is 1.82. The average Bonchev–Trinajstić information content (AvgIpc) is 2.70. The summed E-state index contributed by atoms with van der Waals surface area (Å²) in [5.41, 5.74) is 1.57. The highest BCUT2D eigenvalue weighted by Gasteiger charge is 2.21. The van der Waals surface area contributed by atoms with E-state index >= 15 is 0 Å². The molecule has 4 nitrogen and oxygen atoms in total. The first kappa shape index (κ1) is 12.6. The minimum Gasteiger partial charge on any atom is -0.494 e. The highest BCUT2D eigenvalue weighted by atomic mass is 19.1. The third-order valence-electron chi connectivity index (χ3n) is 3.08. The van der Waals surface area contributed by atoms with Gasteiger partial charge in [-0.3, -0.25) is 4.68 Å². The number of benzene rings is 1. The molecule has 0 aliphatic rings. The molecule has 5 heteroatoms. The van der Waals surface area contributed by atoms with Crippen molar-refractivity contribution < 1.29 is 14.2 Å². The van der Waals surface area contributed by atoms with Crippen molar-refractivity contribution in [2.45, 2.75) is 13.0 Å². The van der Waals surface area contributed by atoms with Gasteiger partial charge < -0.3 is 9.84 Å². The molecule has 0 saturated heterocycles. The first-order valence-corrected chi connectivity index (χ1v) is 5.55. The maximum atomic E-state index is 14.0. The molecule has 0 spiro atoms. The summed E-state index contributed by atoms with van der Waals surface area (Å²) < 4.78 is 20.6. The maximum Gasteiger partial charge on any atom is 0.171 e. The Morgan fingerprint density at radius 3 is 2.67 bits per heavy atom. The Balaban J connectivity index is 2.46. The molecule has 2 aromatic rings. The normalized spacial score (nSPS) is 12.5. The van der Waals surface area contributed by atoms with Gasteiger partial charge in [0.25, 0.3) is 0 Å². The molecule has 1 N–H and O–H groups in total. The zero-order valence-electron chi connectivity index (χ0n) is 10.5. The maximum absolute atomic E-state index is 14.0. The zero-order chi connectivity index (χ0) is 13.3. The zero-order valence-corrected chi connectivity index (χ0v) is 10.5. The molecule has 0 bridgehead atoms. The summed E-state index contributed by atoms with van der Waals surface area (Å²) in [5.74, 6) is -0.427. The fourth-order valence-corrected chi connectivity index (χ4v) is 1.85. The van der Waals surface area contributed by atoms with Gasteiger partial charge in [-0.05, 0) is 13.0 Å². The number of aliphatic hydroxyl groups excluding tert-OH is 1. The standard InChI is InChI=1S/C13H15FN2O2/c1-8-10(7-15-16(8)2)13(17)9-5-4-6-11(18-3)12(9)14/h4-7,13,17H,1-3H3. The first-order valence-electron chi connectivity index (χ1n) is 5.55. The van der Waals surface area contributed by atoms with Gasteiger partial charge in [-0.2, -0.15) is 5.10 Å². The van der Waals surface area contributed by atoms with Crippen LogP contribution in [-0.4, -0.2) is 22.0 Å². The predicted octanol–water partition coefficient (Wildman–Crippen LogP) is 1.96. The van der Waals surface area contributed by atoms with Gasteiger partial charge in [0, 0.05) is 23.9 Å². The Bertz CT molecular complexity index is 566. The van der Waals surface area contributed by atoms with Crippen molar-refractivity contribution in [3.63, 3.8) is 0 Å². The topological polar surface area (TPSA) is 47.3 Å². The molecule has 0 saturated carbocycles. The molecule has 2 rings (SSSR count). The molecule has 18 heavy (non-hydrogen) atoms. The molecular formula is C13H15FN2O2. The van der Waals surface area contributed by atoms with E-state index < -0.39 is 11.9 Å². The predicted molar refractivity (Wildman–Crippen MR) is 65.0 cm³/mol. The third kappa shape index (κ3) is 1.97. The van der Waals surface area contributed by atoms with Gasteiger partial charge in [0.05, 0.1) is 13.3 Å². The quantitative estimate of drug-likeness (QED) is 0.905. The fourth-order valence-electron chi connectivity index (χ4n) is 1.85. The van der Waals surface area contributed by atoms with Gasteiger partial charge in [-0.1, -0.05) is 12.1 Å². The van der Waals surface area contributed by atoms with Gasteiger partial charge in [0.1, 0.15) is 6.10 Å². The minimum atomic E-state index is -1.05. The first-order chi connectivity index (χ1) is 8.56. The molecule has 1 heterocycles. The number of aryl methyl sites for hydroxylation is 1. The highest BCUT2D eigenvalue weighted by Crippen LogP contribution is 2.30. The lowest BCUT2D eigenvalue weighted by Gasteiger charge is -2.13. The Morgan fingerprint density at radius 2 is 2.11 bits per heavy atom. The lowest BCUT2D eigenvalue weighted by molar-refractivity contribution is 0.212. The second kappa shape index (κ2) is 4.78. The lowest BCUT2D eigenvalue weighted by Crippen LogP contribution is -2.05. The van der Waals surface area contributed by atoms with Crippen LogP contribution in [0.5, 0.6) is 5.75 Å². The van der Waals surface area contributed by atoms with E-state index in [1.165, 1.54) is 19.2 Å². The van der Waals surface area contributed by atoms with Gasteiger partial charge in [-0.15, -0.1) is 0 Å². The van der Waals surface area contributed by atoms with Crippen LogP contribution in [0.1, 0.15) is 22.9 Å². The SMILES string of the molecule is COc1cccc(C(O)c2cnn(C)c2C)c1F. The highest BCUT2D eigenvalue weighted by molar-refractivity contribution is 5.37. The number of hydrogen-bond donors (Lipinski definition) is 1. The number of aromatic nitrogens is 2. The number of halogens is 1. The van der Waals surface area contributed by atoms with Crippen molar-refractivity contribution >= 4 is 0 Å². The van der Waals surface area contributed by atoms with Crippen molar-refractivity contribution in [2.24, 2.45) is 7.05 Å². The van der Waals surface area contributed by atoms with Crippen molar-refractivity contribution in [1.82, 2.24) is 9.78 Å². The van der Waals surface area contributed by atoms with E-state index in [2.05, 4.69) is 5.10 Å². The Labute approximate surface area is 105 Å². The summed E-state index contributed by atoms with van der Waals surface area (Å²) in [4.78, 5) is 0. The molecule has 1 unspecified atom stereocenters. The molecule has 0 fully saturated rings. The van der Waals surface area contributed by atoms with Gasteiger partial charge in [0.15, 0.2) is 11.6 Å². The van der Waals surface area contributed by atoms with E-state index in [4.69, 9.17) is 4.74 Å². The molecule has 0 aliphatic heterocycles. The number of aliphatic hydroxyl groups is 1. The smallest absolute Gasteiger partial charge is 0.171 e. The van der Waals surface area contributed by atoms with Crippen molar-refractivity contribution in [3.8, 4) is 5.75 Å².